The second-order valence-corrected chi connectivity index (χ2v) is 5.85. The molecule has 0 spiro atoms. The first-order valence-corrected chi connectivity index (χ1v) is 7.92. The molecular weight excluding hydrogens is 293 g/mol. The Morgan fingerprint density at radius 1 is 1.09 bits per heavy atom. The van der Waals surface area contributed by atoms with E-state index in [1.807, 2.05) is 37.3 Å². The fourth-order valence-corrected chi connectivity index (χ4v) is 2.63. The van der Waals surface area contributed by atoms with Gasteiger partial charge in [0.05, 0.1) is 6.10 Å². The van der Waals surface area contributed by atoms with Gasteiger partial charge in [0.1, 0.15) is 5.82 Å². The zero-order valence-corrected chi connectivity index (χ0v) is 13.4. The van der Waals surface area contributed by atoms with Crippen molar-refractivity contribution in [3.05, 3.63) is 71.5 Å². The molecule has 2 rings (SSSR count). The zero-order valence-electron chi connectivity index (χ0n) is 13.4. The van der Waals surface area contributed by atoms with E-state index in [2.05, 4.69) is 4.90 Å². The van der Waals surface area contributed by atoms with Crippen molar-refractivity contribution in [1.29, 1.82) is 0 Å². The predicted molar refractivity (Wildman–Crippen MR) is 89.4 cm³/mol. The summed E-state index contributed by atoms with van der Waals surface area (Å²) in [6.45, 7) is 3.19. The van der Waals surface area contributed by atoms with Crippen molar-refractivity contribution >= 4 is 0 Å². The average molecular weight is 317 g/mol. The van der Waals surface area contributed by atoms with Crippen LogP contribution in [0.15, 0.2) is 54.6 Å². The highest BCUT2D eigenvalue weighted by Crippen LogP contribution is 2.19. The maximum absolute atomic E-state index is 13.3. The van der Waals surface area contributed by atoms with Gasteiger partial charge in [-0.25, -0.2) is 4.39 Å². The Morgan fingerprint density at radius 2 is 1.83 bits per heavy atom. The van der Waals surface area contributed by atoms with E-state index in [1.165, 1.54) is 12.1 Å². The van der Waals surface area contributed by atoms with Crippen LogP contribution in [0.25, 0.3) is 0 Å². The van der Waals surface area contributed by atoms with Crippen LogP contribution in [0.4, 0.5) is 4.39 Å². The maximum Gasteiger partial charge on any atom is 0.123 e. The maximum atomic E-state index is 13.3. The lowest BCUT2D eigenvalue weighted by atomic mass is 10.1. The van der Waals surface area contributed by atoms with Gasteiger partial charge in [0, 0.05) is 25.7 Å². The Balaban J connectivity index is 2.10. The number of hydrogen-bond donors (Lipinski definition) is 2. The molecule has 0 aliphatic rings. The van der Waals surface area contributed by atoms with Crippen molar-refractivity contribution in [3.63, 3.8) is 0 Å². The largest absolute Gasteiger partial charge is 0.396 e. The number of aliphatic hydroxyl groups excluding tert-OH is 2. The number of nitrogens with zero attached hydrogens (tertiary/aromatic N) is 1. The molecule has 23 heavy (non-hydrogen) atoms. The standard InChI is InChI=1S/C19H24FNO2/c1-15(10-11-22)21(13-16-6-3-2-4-7-16)14-19(23)17-8-5-9-18(20)12-17/h2-9,12,15,19,22-23H,10-11,13-14H2,1H3. The highest BCUT2D eigenvalue weighted by Gasteiger charge is 2.19. The summed E-state index contributed by atoms with van der Waals surface area (Å²) < 4.78 is 13.3. The van der Waals surface area contributed by atoms with Crippen LogP contribution in [0.2, 0.25) is 0 Å². The fraction of sp³-hybridized carbons (Fsp3) is 0.368. The van der Waals surface area contributed by atoms with Crippen LogP contribution in [0.5, 0.6) is 0 Å². The average Bonchev–Trinajstić information content (AvgIpc) is 2.55. The lowest BCUT2D eigenvalue weighted by Crippen LogP contribution is -2.36. The molecule has 0 radical (unpaired) electrons. The molecule has 2 atom stereocenters. The van der Waals surface area contributed by atoms with E-state index < -0.39 is 6.10 Å². The summed E-state index contributed by atoms with van der Waals surface area (Å²) in [5.41, 5.74) is 1.71. The summed E-state index contributed by atoms with van der Waals surface area (Å²) >= 11 is 0. The minimum Gasteiger partial charge on any atom is -0.396 e. The van der Waals surface area contributed by atoms with E-state index in [0.29, 0.717) is 25.1 Å². The minimum absolute atomic E-state index is 0.0997. The van der Waals surface area contributed by atoms with Crippen LogP contribution in [0, 0.1) is 5.82 Å². The molecule has 2 aromatic rings. The lowest BCUT2D eigenvalue weighted by molar-refractivity contribution is 0.0765. The van der Waals surface area contributed by atoms with E-state index in [4.69, 9.17) is 0 Å². The quantitative estimate of drug-likeness (QED) is 0.786. The Morgan fingerprint density at radius 3 is 2.48 bits per heavy atom. The van der Waals surface area contributed by atoms with Crippen LogP contribution in [-0.2, 0) is 6.54 Å². The molecule has 0 saturated carbocycles. The van der Waals surface area contributed by atoms with Gasteiger partial charge in [0.2, 0.25) is 0 Å². The van der Waals surface area contributed by atoms with Gasteiger partial charge in [-0.05, 0) is 36.6 Å². The first kappa shape index (κ1) is 17.6. The van der Waals surface area contributed by atoms with Gasteiger partial charge in [0.15, 0.2) is 0 Å². The molecule has 0 heterocycles. The Labute approximate surface area is 137 Å². The molecule has 3 nitrogen and oxygen atoms in total. The monoisotopic (exact) mass is 317 g/mol. The third-order valence-corrected chi connectivity index (χ3v) is 4.04. The SMILES string of the molecule is CC(CCO)N(Cc1ccccc1)CC(O)c1cccc(F)c1. The number of aliphatic hydroxyl groups is 2. The summed E-state index contributed by atoms with van der Waals surface area (Å²) in [5.74, 6) is -0.348. The zero-order chi connectivity index (χ0) is 16.7. The highest BCUT2D eigenvalue weighted by atomic mass is 19.1. The topological polar surface area (TPSA) is 43.7 Å². The van der Waals surface area contributed by atoms with Gasteiger partial charge in [0.25, 0.3) is 0 Å². The van der Waals surface area contributed by atoms with Crippen molar-refractivity contribution in [2.75, 3.05) is 13.2 Å². The van der Waals surface area contributed by atoms with Crippen LogP contribution in [0.3, 0.4) is 0 Å². The summed E-state index contributed by atoms with van der Waals surface area (Å²) in [4.78, 5) is 2.11. The van der Waals surface area contributed by atoms with Gasteiger partial charge in [-0.2, -0.15) is 0 Å². The third kappa shape index (κ3) is 5.43. The number of halogens is 1. The molecule has 0 saturated heterocycles. The molecule has 0 aromatic heterocycles. The fourth-order valence-electron chi connectivity index (χ4n) is 2.63. The predicted octanol–water partition coefficient (Wildman–Crippen LogP) is 3.13. The van der Waals surface area contributed by atoms with Crippen molar-refractivity contribution < 1.29 is 14.6 Å². The molecule has 2 aromatic carbocycles. The first-order chi connectivity index (χ1) is 11.1. The molecule has 0 fully saturated rings. The van der Waals surface area contributed by atoms with Gasteiger partial charge in [-0.1, -0.05) is 42.5 Å². The normalized spacial score (nSPS) is 14.0. The summed E-state index contributed by atoms with van der Waals surface area (Å²) in [6.07, 6.45) is -0.140. The molecular formula is C19H24FNO2. The highest BCUT2D eigenvalue weighted by molar-refractivity contribution is 5.19. The Kier molecular flexibility index (Phi) is 6.71. The molecule has 124 valence electrons. The molecule has 0 amide bonds. The summed E-state index contributed by atoms with van der Waals surface area (Å²) in [6, 6.07) is 16.2. The van der Waals surface area contributed by atoms with Gasteiger partial charge >= 0.3 is 0 Å². The smallest absolute Gasteiger partial charge is 0.123 e. The van der Waals surface area contributed by atoms with E-state index in [0.717, 1.165) is 5.56 Å². The molecule has 0 aliphatic carbocycles. The summed E-state index contributed by atoms with van der Waals surface area (Å²) in [5, 5.41) is 19.6. The first-order valence-electron chi connectivity index (χ1n) is 7.92. The van der Waals surface area contributed by atoms with Crippen LogP contribution >= 0.6 is 0 Å². The van der Waals surface area contributed by atoms with E-state index in [1.54, 1.807) is 12.1 Å². The minimum atomic E-state index is -0.768. The number of benzene rings is 2. The van der Waals surface area contributed by atoms with Crippen molar-refractivity contribution in [2.24, 2.45) is 0 Å². The van der Waals surface area contributed by atoms with Crippen molar-refractivity contribution in [1.82, 2.24) is 4.90 Å². The van der Waals surface area contributed by atoms with Crippen LogP contribution in [-0.4, -0.2) is 34.3 Å². The van der Waals surface area contributed by atoms with E-state index in [-0.39, 0.29) is 18.5 Å². The van der Waals surface area contributed by atoms with Gasteiger partial charge in [-0.15, -0.1) is 0 Å². The van der Waals surface area contributed by atoms with Gasteiger partial charge < -0.3 is 10.2 Å². The Hall–Kier alpha value is -1.75. The molecule has 2 N–H and O–H groups in total. The second kappa shape index (κ2) is 8.77. The number of rotatable bonds is 8. The van der Waals surface area contributed by atoms with Crippen LogP contribution in [0.1, 0.15) is 30.6 Å². The van der Waals surface area contributed by atoms with Gasteiger partial charge in [-0.3, -0.25) is 4.90 Å². The molecule has 0 aliphatic heterocycles. The molecule has 2 unspecified atom stereocenters. The molecule has 0 bridgehead atoms. The van der Waals surface area contributed by atoms with E-state index in [9.17, 15) is 14.6 Å². The second-order valence-electron chi connectivity index (χ2n) is 5.85. The number of hydrogen-bond acceptors (Lipinski definition) is 3. The third-order valence-electron chi connectivity index (χ3n) is 4.04. The van der Waals surface area contributed by atoms with Crippen molar-refractivity contribution in [2.45, 2.75) is 32.0 Å². The van der Waals surface area contributed by atoms with Crippen LogP contribution < -0.4 is 0 Å². The summed E-state index contributed by atoms with van der Waals surface area (Å²) in [7, 11) is 0. The lowest BCUT2D eigenvalue weighted by Gasteiger charge is -2.31. The molecule has 4 heteroatoms. The van der Waals surface area contributed by atoms with Crippen molar-refractivity contribution in [3.8, 4) is 0 Å². The van der Waals surface area contributed by atoms with E-state index >= 15 is 0 Å². The Bertz CT molecular complexity index is 591.